The number of amides is 1. The van der Waals surface area contributed by atoms with Crippen LogP contribution in [0.5, 0.6) is 0 Å². The number of nitrogens with one attached hydrogen (secondary N) is 1. The van der Waals surface area contributed by atoms with Crippen molar-refractivity contribution in [1.29, 1.82) is 0 Å². The number of allylic oxidation sites excluding steroid dienone is 1. The maximum absolute atomic E-state index is 15.1. The monoisotopic (exact) mass is 776 g/mol. The maximum atomic E-state index is 15.1. The molecule has 5 aliphatic carbocycles. The molecule has 13 nitrogen and oxygen atoms in total. The lowest BCUT2D eigenvalue weighted by Gasteiger charge is -2.48. The first-order chi connectivity index (χ1) is 26.0. The number of aliphatic imine (C=N–C) groups is 2. The molecule has 0 spiro atoms. The molecule has 4 saturated carbocycles. The minimum absolute atomic E-state index is 0.125. The molecule has 1 amide bonds. The number of carbonyl (C=O) groups is 1. The third kappa shape index (κ3) is 8.84. The van der Waals surface area contributed by atoms with E-state index >= 15 is 14.4 Å². The van der Waals surface area contributed by atoms with Crippen LogP contribution in [0.1, 0.15) is 151 Å². The van der Waals surface area contributed by atoms with Gasteiger partial charge < -0.3 is 10.1 Å². The summed E-state index contributed by atoms with van der Waals surface area (Å²) in [5, 5.41) is 3.04. The summed E-state index contributed by atoms with van der Waals surface area (Å²) in [6.45, 7) is 19.6. The van der Waals surface area contributed by atoms with Crippen LogP contribution in [0.3, 0.4) is 0 Å². The number of nitrogens with zero attached hydrogens (tertiary/aromatic N) is 5. The quantitative estimate of drug-likeness (QED) is 0.155. The molecular formula is C43H64N6O7. The van der Waals surface area contributed by atoms with Gasteiger partial charge in [0, 0.05) is 30.6 Å². The molecule has 6 rings (SSSR count). The number of hydrogen-bond donors (Lipinski definition) is 1. The van der Waals surface area contributed by atoms with E-state index < -0.39 is 57.5 Å². The van der Waals surface area contributed by atoms with Crippen molar-refractivity contribution in [3.05, 3.63) is 43.6 Å². The van der Waals surface area contributed by atoms with Crippen LogP contribution in [0.4, 0.5) is 4.79 Å². The standard InChI is InChI=1S/C43H64N6O7/c1-38(2)14-30(17-41(7,20-38)23-44-26-50)47-35(53)48(31-15-39(3,4)21-42(8,18-31)24-45-27-51)37(55)49(36(47)54)32-16-40(5,6)22-43(9,19-32)25-46-34(52)56-33-13-28-10-11-29(33)12-28/h10-11,28-33H,12-25H2,1-9H3,(H,46,52). The molecule has 308 valence electrons. The molecule has 13 heteroatoms. The first-order valence-corrected chi connectivity index (χ1v) is 20.7. The van der Waals surface area contributed by atoms with Crippen LogP contribution in [-0.4, -0.2) is 57.7 Å². The van der Waals surface area contributed by atoms with Gasteiger partial charge in [0.05, 0.1) is 13.1 Å². The number of ether oxygens (including phenoxy) is 1. The Morgan fingerprint density at radius 3 is 1.45 bits per heavy atom. The summed E-state index contributed by atoms with van der Waals surface area (Å²) in [5.41, 5.74) is -4.24. The topological polar surface area (TPSA) is 163 Å². The third-order valence-electron chi connectivity index (χ3n) is 13.8. The van der Waals surface area contributed by atoms with Crippen molar-refractivity contribution in [2.45, 2.75) is 157 Å². The number of isocyanates is 2. The average molecular weight is 777 g/mol. The van der Waals surface area contributed by atoms with Gasteiger partial charge in [-0.2, -0.15) is 0 Å². The predicted molar refractivity (Wildman–Crippen MR) is 213 cm³/mol. The Hall–Kier alpha value is -3.82. The van der Waals surface area contributed by atoms with Crippen LogP contribution >= 0.6 is 0 Å². The van der Waals surface area contributed by atoms with Crippen molar-refractivity contribution >= 4 is 18.3 Å². The van der Waals surface area contributed by atoms with Crippen LogP contribution in [0.15, 0.2) is 36.5 Å². The molecule has 0 aromatic carbocycles. The van der Waals surface area contributed by atoms with E-state index in [0.717, 1.165) is 32.1 Å². The van der Waals surface area contributed by atoms with Gasteiger partial charge in [-0.25, -0.2) is 52.5 Å². The zero-order valence-corrected chi connectivity index (χ0v) is 35.1. The molecule has 0 saturated heterocycles. The zero-order chi connectivity index (χ0) is 41.1. The van der Waals surface area contributed by atoms with E-state index in [1.54, 1.807) is 12.2 Å². The summed E-state index contributed by atoms with van der Waals surface area (Å²) >= 11 is 0. The van der Waals surface area contributed by atoms with E-state index in [1.807, 2.05) is 13.8 Å². The van der Waals surface area contributed by atoms with Crippen molar-refractivity contribution in [2.24, 2.45) is 54.3 Å². The van der Waals surface area contributed by atoms with Crippen LogP contribution in [0.25, 0.3) is 0 Å². The molecule has 0 aliphatic heterocycles. The second kappa shape index (κ2) is 14.8. The number of alkyl carbamates (subject to hydrolysis) is 1. The third-order valence-corrected chi connectivity index (χ3v) is 13.8. The molecule has 1 N–H and O–H groups in total. The molecule has 9 unspecified atom stereocenters. The molecule has 56 heavy (non-hydrogen) atoms. The second-order valence-corrected chi connectivity index (χ2v) is 22.0. The van der Waals surface area contributed by atoms with Gasteiger partial charge in [0.25, 0.3) is 0 Å². The highest BCUT2D eigenvalue weighted by molar-refractivity contribution is 5.67. The Balaban J connectivity index is 1.43. The molecule has 4 fully saturated rings. The van der Waals surface area contributed by atoms with Gasteiger partial charge in [-0.15, -0.1) is 0 Å². The highest BCUT2D eigenvalue weighted by Gasteiger charge is 2.48. The van der Waals surface area contributed by atoms with E-state index in [0.29, 0.717) is 51.0 Å². The van der Waals surface area contributed by atoms with E-state index in [9.17, 15) is 14.4 Å². The first-order valence-electron chi connectivity index (χ1n) is 20.7. The Bertz CT molecular complexity index is 1920. The minimum Gasteiger partial charge on any atom is -0.446 e. The molecule has 1 heterocycles. The van der Waals surface area contributed by atoms with Crippen LogP contribution in [-0.2, 0) is 14.3 Å². The molecule has 1 aromatic rings. The summed E-state index contributed by atoms with van der Waals surface area (Å²) in [5.74, 6) is 0.733. The fourth-order valence-corrected chi connectivity index (χ4v) is 13.0. The van der Waals surface area contributed by atoms with E-state index in [1.165, 1.54) is 13.7 Å². The zero-order valence-electron chi connectivity index (χ0n) is 35.1. The fourth-order valence-electron chi connectivity index (χ4n) is 13.0. The minimum atomic E-state index is -0.623. The predicted octanol–water partition coefficient (Wildman–Crippen LogP) is 6.81. The normalized spacial score (nSPS) is 36.6. The molecule has 5 aliphatic rings. The number of carbonyl (C=O) groups excluding carboxylic acids is 3. The van der Waals surface area contributed by atoms with Crippen LogP contribution in [0, 0.1) is 44.3 Å². The number of hydrogen-bond acceptors (Lipinski definition) is 9. The lowest BCUT2D eigenvalue weighted by molar-refractivity contribution is 0.0345. The Morgan fingerprint density at radius 1 is 0.661 bits per heavy atom. The summed E-state index contributed by atoms with van der Waals surface area (Å²) in [6, 6.07) is -1.65. The number of rotatable bonds is 10. The Kier molecular flexibility index (Phi) is 11.1. The second-order valence-electron chi connectivity index (χ2n) is 22.0. The lowest BCUT2D eigenvalue weighted by Crippen LogP contribution is -2.60. The van der Waals surface area contributed by atoms with Gasteiger partial charge in [-0.1, -0.05) is 74.5 Å². The van der Waals surface area contributed by atoms with Crippen LogP contribution < -0.4 is 22.4 Å². The van der Waals surface area contributed by atoms with E-state index in [2.05, 4.69) is 75.9 Å². The van der Waals surface area contributed by atoms with E-state index in [-0.39, 0.29) is 41.4 Å². The molecular weight excluding hydrogens is 713 g/mol. The molecule has 2 bridgehead atoms. The highest BCUT2D eigenvalue weighted by atomic mass is 16.6. The SMILES string of the molecule is CC1(C)CC(n2c(=O)n(C3CC(C)(C)CC(C)(CN=C=O)C3)c(=O)n(C3CC(C)(C)CC(C)(CNC(=O)OC4CC5C=CC4C5)C3)c2=O)CC(C)(CN=C=O)C1. The molecule has 9 atom stereocenters. The highest BCUT2D eigenvalue weighted by Crippen LogP contribution is 2.53. The van der Waals surface area contributed by atoms with Crippen molar-refractivity contribution < 1.29 is 19.1 Å². The first kappa shape index (κ1) is 41.8. The number of fused-ring (bicyclic) bond motifs is 2. The Morgan fingerprint density at radius 2 is 1.07 bits per heavy atom. The molecule has 1 aromatic heterocycles. The molecule has 0 radical (unpaired) electrons. The number of aromatic nitrogens is 3. The smallest absolute Gasteiger partial charge is 0.407 e. The fraction of sp³-hybridized carbons (Fsp3) is 0.814. The Labute approximate surface area is 330 Å². The van der Waals surface area contributed by atoms with Gasteiger partial charge >= 0.3 is 23.2 Å². The van der Waals surface area contributed by atoms with Gasteiger partial charge in [-0.3, -0.25) is 0 Å². The van der Waals surface area contributed by atoms with E-state index in [4.69, 9.17) is 4.74 Å². The van der Waals surface area contributed by atoms with Gasteiger partial charge in [-0.05, 0) is 109 Å². The van der Waals surface area contributed by atoms with Gasteiger partial charge in [0.1, 0.15) is 6.10 Å². The summed E-state index contributed by atoms with van der Waals surface area (Å²) in [6.07, 6.45) is 14.1. The summed E-state index contributed by atoms with van der Waals surface area (Å²) in [4.78, 5) is 88.7. The van der Waals surface area contributed by atoms with Gasteiger partial charge in [0.15, 0.2) is 0 Å². The average Bonchev–Trinajstić information content (AvgIpc) is 3.67. The maximum Gasteiger partial charge on any atom is 0.407 e. The summed E-state index contributed by atoms with van der Waals surface area (Å²) < 4.78 is 9.91. The lowest BCUT2D eigenvalue weighted by atomic mass is 9.62. The van der Waals surface area contributed by atoms with Crippen molar-refractivity contribution in [3.63, 3.8) is 0 Å². The van der Waals surface area contributed by atoms with Crippen molar-refractivity contribution in [1.82, 2.24) is 19.0 Å². The van der Waals surface area contributed by atoms with Crippen molar-refractivity contribution in [2.75, 3.05) is 19.6 Å². The largest absolute Gasteiger partial charge is 0.446 e. The van der Waals surface area contributed by atoms with Crippen LogP contribution in [0.2, 0.25) is 0 Å². The van der Waals surface area contributed by atoms with Gasteiger partial charge in [0.2, 0.25) is 12.2 Å². The van der Waals surface area contributed by atoms with Crippen molar-refractivity contribution in [3.8, 4) is 0 Å². The summed E-state index contributed by atoms with van der Waals surface area (Å²) in [7, 11) is 0.